The number of amides is 1. The first-order valence-electron chi connectivity index (χ1n) is 7.28. The molecule has 2 aromatic carbocycles. The van der Waals surface area contributed by atoms with Gasteiger partial charge in [0.25, 0.3) is 11.6 Å². The Bertz CT molecular complexity index is 945. The zero-order chi connectivity index (χ0) is 18.5. The van der Waals surface area contributed by atoms with Crippen LogP contribution in [0.4, 0.5) is 10.8 Å². The van der Waals surface area contributed by atoms with Gasteiger partial charge in [0, 0.05) is 22.7 Å². The molecule has 1 amide bonds. The van der Waals surface area contributed by atoms with Gasteiger partial charge in [-0.15, -0.1) is 10.2 Å². The van der Waals surface area contributed by atoms with Crippen molar-refractivity contribution in [3.05, 3.63) is 63.7 Å². The fourth-order valence-corrected chi connectivity index (χ4v) is 2.86. The molecule has 0 unspecified atom stereocenters. The zero-order valence-electron chi connectivity index (χ0n) is 13.1. The lowest BCUT2D eigenvalue weighted by Gasteiger charge is -2.05. The summed E-state index contributed by atoms with van der Waals surface area (Å²) < 4.78 is 5.34. The van der Waals surface area contributed by atoms with Crippen molar-refractivity contribution < 1.29 is 14.5 Å². The second kappa shape index (κ2) is 7.89. The van der Waals surface area contributed by atoms with Crippen LogP contribution in [-0.4, -0.2) is 27.6 Å². The summed E-state index contributed by atoms with van der Waals surface area (Å²) in [4.78, 5) is 22.3. The molecular formula is C16H11ClN4O4S. The van der Waals surface area contributed by atoms with E-state index in [1.165, 1.54) is 12.1 Å². The van der Waals surface area contributed by atoms with Crippen molar-refractivity contribution >= 4 is 39.7 Å². The summed E-state index contributed by atoms with van der Waals surface area (Å²) in [5.41, 5.74) is 0.509. The Balaban J connectivity index is 1.61. The maximum absolute atomic E-state index is 11.9. The molecule has 3 rings (SSSR count). The normalized spacial score (nSPS) is 10.3. The molecule has 8 nitrogen and oxygen atoms in total. The predicted octanol–water partition coefficient (Wildman–Crippen LogP) is 3.78. The molecule has 3 aromatic rings. The smallest absolute Gasteiger partial charge is 0.270 e. The van der Waals surface area contributed by atoms with Crippen LogP contribution >= 0.6 is 22.9 Å². The lowest BCUT2D eigenvalue weighted by molar-refractivity contribution is -0.384. The summed E-state index contributed by atoms with van der Waals surface area (Å²) in [6, 6.07) is 12.7. The summed E-state index contributed by atoms with van der Waals surface area (Å²) in [5, 5.41) is 22.5. The molecule has 1 aromatic heterocycles. The number of carbonyl (C=O) groups is 1. The van der Waals surface area contributed by atoms with E-state index in [1.54, 1.807) is 36.4 Å². The predicted molar refractivity (Wildman–Crippen MR) is 97.6 cm³/mol. The van der Waals surface area contributed by atoms with E-state index in [2.05, 4.69) is 15.5 Å². The number of anilines is 1. The van der Waals surface area contributed by atoms with Crippen molar-refractivity contribution in [2.24, 2.45) is 0 Å². The highest BCUT2D eigenvalue weighted by Gasteiger charge is 2.13. The number of hydrogen-bond acceptors (Lipinski definition) is 7. The minimum absolute atomic E-state index is 0.0420. The van der Waals surface area contributed by atoms with E-state index < -0.39 is 10.8 Å². The van der Waals surface area contributed by atoms with Crippen LogP contribution in [0.15, 0.2) is 48.5 Å². The van der Waals surface area contributed by atoms with Gasteiger partial charge < -0.3 is 4.74 Å². The molecule has 0 bridgehead atoms. The maximum Gasteiger partial charge on any atom is 0.270 e. The Hall–Kier alpha value is -3.04. The van der Waals surface area contributed by atoms with Crippen molar-refractivity contribution in [2.75, 3.05) is 11.9 Å². The number of nitrogens with one attached hydrogen (secondary N) is 1. The molecule has 0 aliphatic rings. The maximum atomic E-state index is 11.9. The first-order valence-corrected chi connectivity index (χ1v) is 8.47. The second-order valence-corrected chi connectivity index (χ2v) is 6.42. The fourth-order valence-electron chi connectivity index (χ4n) is 1.98. The zero-order valence-corrected chi connectivity index (χ0v) is 14.7. The molecule has 132 valence electrons. The van der Waals surface area contributed by atoms with Gasteiger partial charge in [0.05, 0.1) is 4.92 Å². The van der Waals surface area contributed by atoms with Crippen LogP contribution in [0.1, 0.15) is 0 Å². The Morgan fingerprint density at radius 2 is 2.00 bits per heavy atom. The van der Waals surface area contributed by atoms with Gasteiger partial charge in [-0.2, -0.15) is 0 Å². The molecule has 0 saturated heterocycles. The highest BCUT2D eigenvalue weighted by atomic mass is 35.5. The average Bonchev–Trinajstić information content (AvgIpc) is 3.10. The third kappa shape index (κ3) is 4.52. The second-order valence-electron chi connectivity index (χ2n) is 5.01. The highest BCUT2D eigenvalue weighted by Crippen LogP contribution is 2.28. The minimum atomic E-state index is -0.485. The Morgan fingerprint density at radius 3 is 2.73 bits per heavy atom. The van der Waals surface area contributed by atoms with Gasteiger partial charge in [0.1, 0.15) is 10.8 Å². The lowest BCUT2D eigenvalue weighted by Crippen LogP contribution is -2.20. The molecule has 0 aliphatic carbocycles. The molecule has 1 heterocycles. The van der Waals surface area contributed by atoms with Gasteiger partial charge in [-0.05, 0) is 24.3 Å². The molecule has 0 fully saturated rings. The number of nitrogens with zero attached hydrogens (tertiary/aromatic N) is 3. The number of nitro benzene ring substituents is 1. The Labute approximate surface area is 156 Å². The highest BCUT2D eigenvalue weighted by molar-refractivity contribution is 7.18. The van der Waals surface area contributed by atoms with Gasteiger partial charge in [-0.1, -0.05) is 35.1 Å². The molecular weight excluding hydrogens is 380 g/mol. The van der Waals surface area contributed by atoms with Crippen LogP contribution in [0.2, 0.25) is 5.02 Å². The van der Waals surface area contributed by atoms with Crippen molar-refractivity contribution in [1.29, 1.82) is 0 Å². The van der Waals surface area contributed by atoms with Crippen LogP contribution in [-0.2, 0) is 4.79 Å². The van der Waals surface area contributed by atoms with Gasteiger partial charge in [0.2, 0.25) is 5.13 Å². The number of halogens is 1. The van der Waals surface area contributed by atoms with E-state index >= 15 is 0 Å². The molecule has 1 N–H and O–H groups in total. The number of nitro groups is 1. The number of aromatic nitrogens is 2. The lowest BCUT2D eigenvalue weighted by atomic mass is 10.2. The van der Waals surface area contributed by atoms with Crippen LogP contribution in [0, 0.1) is 10.1 Å². The molecule has 0 atom stereocenters. The first-order chi connectivity index (χ1) is 12.5. The molecule has 0 spiro atoms. The van der Waals surface area contributed by atoms with E-state index in [0.717, 1.165) is 11.3 Å². The van der Waals surface area contributed by atoms with Crippen LogP contribution in [0.25, 0.3) is 10.6 Å². The number of hydrogen-bond donors (Lipinski definition) is 1. The number of rotatable bonds is 6. The van der Waals surface area contributed by atoms with Crippen molar-refractivity contribution in [1.82, 2.24) is 10.2 Å². The standard InChI is InChI=1S/C16H11ClN4O4S/c17-11-4-6-13(7-5-11)25-9-14(22)18-16-20-19-15(26-16)10-2-1-3-12(8-10)21(23)24/h1-8H,9H2,(H,18,20,22). The quantitative estimate of drug-likeness (QED) is 0.507. The first kappa shape index (κ1) is 17.8. The van der Waals surface area contributed by atoms with Gasteiger partial charge >= 0.3 is 0 Å². The average molecular weight is 391 g/mol. The van der Waals surface area contributed by atoms with Gasteiger partial charge in [0.15, 0.2) is 6.61 Å². The number of non-ortho nitro benzene ring substituents is 1. The van der Waals surface area contributed by atoms with Gasteiger partial charge in [-0.3, -0.25) is 20.2 Å². The monoisotopic (exact) mass is 390 g/mol. The Kier molecular flexibility index (Phi) is 5.40. The largest absolute Gasteiger partial charge is 0.484 e. The summed E-state index contributed by atoms with van der Waals surface area (Å²) in [6.45, 7) is -0.201. The SMILES string of the molecule is O=C(COc1ccc(Cl)cc1)Nc1nnc(-c2cccc([N+](=O)[O-])c2)s1. The molecule has 0 radical (unpaired) electrons. The van der Waals surface area contributed by atoms with E-state index in [0.29, 0.717) is 21.3 Å². The summed E-state index contributed by atoms with van der Waals surface area (Å²) in [7, 11) is 0. The van der Waals surface area contributed by atoms with Crippen LogP contribution < -0.4 is 10.1 Å². The number of benzene rings is 2. The molecule has 10 heteroatoms. The number of ether oxygens (including phenoxy) is 1. The van der Waals surface area contributed by atoms with Crippen molar-refractivity contribution in [2.45, 2.75) is 0 Å². The summed E-state index contributed by atoms with van der Waals surface area (Å²) in [6.07, 6.45) is 0. The third-order valence-corrected chi connectivity index (χ3v) is 4.30. The van der Waals surface area contributed by atoms with Gasteiger partial charge in [-0.25, -0.2) is 0 Å². The summed E-state index contributed by atoms with van der Waals surface area (Å²) in [5.74, 6) is 0.112. The molecule has 26 heavy (non-hydrogen) atoms. The van der Waals surface area contributed by atoms with Crippen molar-refractivity contribution in [3.8, 4) is 16.3 Å². The van der Waals surface area contributed by atoms with E-state index in [1.807, 2.05) is 0 Å². The topological polar surface area (TPSA) is 107 Å². The van der Waals surface area contributed by atoms with E-state index in [-0.39, 0.29) is 17.4 Å². The summed E-state index contributed by atoms with van der Waals surface area (Å²) >= 11 is 6.88. The Morgan fingerprint density at radius 1 is 1.23 bits per heavy atom. The van der Waals surface area contributed by atoms with E-state index in [9.17, 15) is 14.9 Å². The third-order valence-electron chi connectivity index (χ3n) is 3.16. The minimum Gasteiger partial charge on any atom is -0.484 e. The van der Waals surface area contributed by atoms with Crippen LogP contribution in [0.3, 0.4) is 0 Å². The van der Waals surface area contributed by atoms with Crippen LogP contribution in [0.5, 0.6) is 5.75 Å². The van der Waals surface area contributed by atoms with Crippen molar-refractivity contribution in [3.63, 3.8) is 0 Å². The molecule has 0 aliphatic heterocycles. The van der Waals surface area contributed by atoms with E-state index in [4.69, 9.17) is 16.3 Å². The fraction of sp³-hybridized carbons (Fsp3) is 0.0625. The molecule has 0 saturated carbocycles. The number of carbonyl (C=O) groups excluding carboxylic acids is 1.